The highest BCUT2D eigenvalue weighted by Crippen LogP contribution is 2.10. The van der Waals surface area contributed by atoms with E-state index in [0.717, 1.165) is 11.3 Å². The first-order valence-electron chi connectivity index (χ1n) is 8.07. The zero-order valence-corrected chi connectivity index (χ0v) is 15.1. The second-order valence-electron chi connectivity index (χ2n) is 6.02. The van der Waals surface area contributed by atoms with Crippen molar-refractivity contribution in [3.63, 3.8) is 0 Å². The molecule has 1 aliphatic heterocycles. The van der Waals surface area contributed by atoms with E-state index >= 15 is 0 Å². The van der Waals surface area contributed by atoms with Gasteiger partial charge in [0.1, 0.15) is 6.33 Å². The zero-order chi connectivity index (χ0) is 18.6. The Morgan fingerprint density at radius 2 is 2.12 bits per heavy atom. The third-order valence-electron chi connectivity index (χ3n) is 4.01. The monoisotopic (exact) mass is 380 g/mol. The molecule has 1 amide bonds. The van der Waals surface area contributed by atoms with E-state index in [4.69, 9.17) is 4.74 Å². The molecule has 10 nitrogen and oxygen atoms in total. The maximum atomic E-state index is 12.1. The number of nitrogens with one attached hydrogen (secondary N) is 1. The van der Waals surface area contributed by atoms with Crippen LogP contribution in [0.5, 0.6) is 0 Å². The van der Waals surface area contributed by atoms with Crippen molar-refractivity contribution in [2.75, 3.05) is 32.5 Å². The van der Waals surface area contributed by atoms with Gasteiger partial charge in [-0.05, 0) is 28.1 Å². The number of nitrogens with zero attached hydrogens (tertiary/aromatic N) is 5. The molecule has 0 saturated carbocycles. The Bertz CT molecular complexity index is 838. The highest BCUT2D eigenvalue weighted by Gasteiger charge is 2.26. The molecule has 26 heavy (non-hydrogen) atoms. The molecule has 1 aromatic heterocycles. The fraction of sp³-hybridized carbons (Fsp3) is 0.467. The molecule has 0 bridgehead atoms. The van der Waals surface area contributed by atoms with Gasteiger partial charge < -0.3 is 10.1 Å². The van der Waals surface area contributed by atoms with Crippen molar-refractivity contribution in [2.24, 2.45) is 0 Å². The van der Waals surface area contributed by atoms with Gasteiger partial charge in [-0.15, -0.1) is 5.10 Å². The second-order valence-corrected chi connectivity index (χ2v) is 8.00. The first-order valence-corrected chi connectivity index (χ1v) is 9.92. The number of carbonyl (C=O) groups is 1. The van der Waals surface area contributed by atoms with Crippen LogP contribution in [0.1, 0.15) is 5.56 Å². The number of carbonyl (C=O) groups excluding carboxylic acids is 1. The average Bonchev–Trinajstić information content (AvgIpc) is 3.15. The van der Waals surface area contributed by atoms with E-state index in [0.29, 0.717) is 13.2 Å². The fourth-order valence-electron chi connectivity index (χ4n) is 2.64. The first-order chi connectivity index (χ1) is 12.4. The molecule has 0 unspecified atom stereocenters. The molecule has 1 aromatic carbocycles. The lowest BCUT2D eigenvalue weighted by atomic mass is 10.1. The minimum Gasteiger partial charge on any atom is -0.374 e. The number of benzene rings is 1. The Labute approximate surface area is 151 Å². The molecule has 0 radical (unpaired) electrons. The molecular weight excluding hydrogens is 360 g/mol. The highest BCUT2D eigenvalue weighted by molar-refractivity contribution is 7.88. The topological polar surface area (TPSA) is 119 Å². The van der Waals surface area contributed by atoms with Crippen LogP contribution in [0.3, 0.4) is 0 Å². The van der Waals surface area contributed by atoms with Gasteiger partial charge in [-0.2, -0.15) is 4.31 Å². The van der Waals surface area contributed by atoms with E-state index in [1.807, 2.05) is 24.3 Å². The van der Waals surface area contributed by atoms with E-state index in [-0.39, 0.29) is 31.5 Å². The normalized spacial score (nSPS) is 18.6. The predicted molar refractivity (Wildman–Crippen MR) is 92.0 cm³/mol. The minimum absolute atomic E-state index is 0.153. The summed E-state index contributed by atoms with van der Waals surface area (Å²) >= 11 is 0. The van der Waals surface area contributed by atoms with Gasteiger partial charge in [-0.1, -0.05) is 12.1 Å². The molecule has 140 valence electrons. The molecule has 3 rings (SSSR count). The van der Waals surface area contributed by atoms with Crippen LogP contribution in [0, 0.1) is 0 Å². The van der Waals surface area contributed by atoms with Gasteiger partial charge >= 0.3 is 0 Å². The lowest BCUT2D eigenvalue weighted by Gasteiger charge is -2.31. The van der Waals surface area contributed by atoms with Crippen molar-refractivity contribution in [1.29, 1.82) is 0 Å². The summed E-state index contributed by atoms with van der Waals surface area (Å²) in [6, 6.07) is 7.32. The van der Waals surface area contributed by atoms with Crippen LogP contribution in [0.15, 0.2) is 30.6 Å². The van der Waals surface area contributed by atoms with Gasteiger partial charge in [0.15, 0.2) is 0 Å². The summed E-state index contributed by atoms with van der Waals surface area (Å²) in [5.41, 5.74) is 1.65. The number of hydrogen-bond donors (Lipinski definition) is 1. The van der Waals surface area contributed by atoms with Crippen LogP contribution in [-0.4, -0.2) is 77.4 Å². The minimum atomic E-state index is -3.24. The molecule has 1 atom stereocenters. The van der Waals surface area contributed by atoms with Gasteiger partial charge in [-0.25, -0.2) is 13.1 Å². The van der Waals surface area contributed by atoms with E-state index in [1.165, 1.54) is 21.6 Å². The molecule has 2 heterocycles. The predicted octanol–water partition coefficient (Wildman–Crippen LogP) is -1.02. The number of amides is 1. The fourth-order valence-corrected chi connectivity index (χ4v) is 3.48. The third-order valence-corrected chi connectivity index (χ3v) is 5.28. The van der Waals surface area contributed by atoms with Crippen LogP contribution in [0.2, 0.25) is 0 Å². The molecule has 1 fully saturated rings. The van der Waals surface area contributed by atoms with E-state index in [2.05, 4.69) is 20.8 Å². The van der Waals surface area contributed by atoms with Crippen LogP contribution < -0.4 is 5.32 Å². The number of tetrazole rings is 1. The summed E-state index contributed by atoms with van der Waals surface area (Å²) in [6.07, 6.45) is 2.54. The Balaban J connectivity index is 1.48. The van der Waals surface area contributed by atoms with Crippen LogP contribution in [-0.2, 0) is 26.0 Å². The van der Waals surface area contributed by atoms with E-state index in [1.54, 1.807) is 0 Å². The van der Waals surface area contributed by atoms with Crippen LogP contribution in [0.4, 0.5) is 0 Å². The van der Waals surface area contributed by atoms with E-state index in [9.17, 15) is 13.2 Å². The quantitative estimate of drug-likeness (QED) is 0.681. The lowest BCUT2D eigenvalue weighted by molar-refractivity contribution is -0.121. The van der Waals surface area contributed by atoms with Crippen molar-refractivity contribution in [1.82, 2.24) is 29.8 Å². The Morgan fingerprint density at radius 1 is 1.35 bits per heavy atom. The summed E-state index contributed by atoms with van der Waals surface area (Å²) in [7, 11) is -3.24. The lowest BCUT2D eigenvalue weighted by Crippen LogP contribution is -2.49. The molecule has 2 aromatic rings. The highest BCUT2D eigenvalue weighted by atomic mass is 32.2. The van der Waals surface area contributed by atoms with Gasteiger partial charge in [-0.3, -0.25) is 4.79 Å². The van der Waals surface area contributed by atoms with Crippen molar-refractivity contribution in [3.8, 4) is 5.69 Å². The Kier molecular flexibility index (Phi) is 5.59. The number of ether oxygens (including phenoxy) is 1. The van der Waals surface area contributed by atoms with E-state index < -0.39 is 10.0 Å². The second kappa shape index (κ2) is 7.89. The summed E-state index contributed by atoms with van der Waals surface area (Å²) in [4.78, 5) is 12.1. The summed E-state index contributed by atoms with van der Waals surface area (Å²) < 4.78 is 31.6. The molecule has 0 spiro atoms. The summed E-state index contributed by atoms with van der Waals surface area (Å²) in [5.74, 6) is -0.153. The number of rotatable bonds is 6. The Hall–Kier alpha value is -2.37. The van der Waals surface area contributed by atoms with Crippen molar-refractivity contribution >= 4 is 15.9 Å². The third kappa shape index (κ3) is 4.84. The smallest absolute Gasteiger partial charge is 0.224 e. The SMILES string of the molecule is CS(=O)(=O)N1CCO[C@@H](CNC(=O)Cc2ccc(-n3cnnn3)cc2)C1. The molecule has 1 N–H and O–H groups in total. The summed E-state index contributed by atoms with van der Waals surface area (Å²) in [5, 5.41) is 13.7. The first kappa shape index (κ1) is 18.4. The number of aromatic nitrogens is 4. The van der Waals surface area contributed by atoms with Crippen molar-refractivity contribution in [2.45, 2.75) is 12.5 Å². The zero-order valence-electron chi connectivity index (χ0n) is 14.3. The molecule has 1 saturated heterocycles. The number of sulfonamides is 1. The average molecular weight is 380 g/mol. The van der Waals surface area contributed by atoms with Gasteiger partial charge in [0.2, 0.25) is 15.9 Å². The molecule has 11 heteroatoms. The van der Waals surface area contributed by atoms with Gasteiger partial charge in [0, 0.05) is 19.6 Å². The standard InChI is InChI=1S/C15H20N6O4S/c1-26(23,24)20-6-7-25-14(10-20)9-16-15(22)8-12-2-4-13(5-3-12)21-11-17-18-19-21/h2-5,11,14H,6-10H2,1H3,(H,16,22)/t14-/m0/s1. The number of hydrogen-bond acceptors (Lipinski definition) is 7. The molecule has 0 aliphatic carbocycles. The van der Waals surface area contributed by atoms with Crippen LogP contribution in [0.25, 0.3) is 5.69 Å². The van der Waals surface area contributed by atoms with Crippen molar-refractivity contribution in [3.05, 3.63) is 36.2 Å². The van der Waals surface area contributed by atoms with Crippen molar-refractivity contribution < 1.29 is 17.9 Å². The molecular formula is C15H20N6O4S. The maximum Gasteiger partial charge on any atom is 0.224 e. The number of morpholine rings is 1. The van der Waals surface area contributed by atoms with Crippen LogP contribution >= 0.6 is 0 Å². The maximum absolute atomic E-state index is 12.1. The molecule has 1 aliphatic rings. The van der Waals surface area contributed by atoms with Gasteiger partial charge in [0.25, 0.3) is 0 Å². The largest absolute Gasteiger partial charge is 0.374 e. The van der Waals surface area contributed by atoms with Gasteiger partial charge in [0.05, 0.1) is 31.1 Å². The Morgan fingerprint density at radius 3 is 2.77 bits per heavy atom. The summed E-state index contributed by atoms with van der Waals surface area (Å²) in [6.45, 7) is 1.19.